The second kappa shape index (κ2) is 13.1. The van der Waals surface area contributed by atoms with Crippen LogP contribution in [-0.4, -0.2) is 19.1 Å². The van der Waals surface area contributed by atoms with Crippen LogP contribution >= 0.6 is 0 Å². The summed E-state index contributed by atoms with van der Waals surface area (Å²) in [4.78, 5) is 12.4. The SMILES string of the molecule is CCCCCCOc1cccc(NCC(=O)Nc2cccc(OCc3ccccc3)c2)c1. The maximum absolute atomic E-state index is 12.4. The first-order valence-corrected chi connectivity index (χ1v) is 11.3. The molecular formula is C27H32N2O3. The summed E-state index contributed by atoms with van der Waals surface area (Å²) in [6.07, 6.45) is 4.70. The highest BCUT2D eigenvalue weighted by molar-refractivity contribution is 5.93. The van der Waals surface area contributed by atoms with E-state index >= 15 is 0 Å². The van der Waals surface area contributed by atoms with Crippen LogP contribution < -0.4 is 20.1 Å². The highest BCUT2D eigenvalue weighted by Gasteiger charge is 2.05. The monoisotopic (exact) mass is 432 g/mol. The van der Waals surface area contributed by atoms with Gasteiger partial charge in [-0.1, -0.05) is 68.7 Å². The Labute approximate surface area is 190 Å². The second-order valence-electron chi connectivity index (χ2n) is 7.64. The van der Waals surface area contributed by atoms with E-state index in [9.17, 15) is 4.79 Å². The molecule has 1 amide bonds. The van der Waals surface area contributed by atoms with Crippen LogP contribution in [0.2, 0.25) is 0 Å². The zero-order chi connectivity index (χ0) is 22.4. The van der Waals surface area contributed by atoms with Gasteiger partial charge in [0.25, 0.3) is 0 Å². The van der Waals surface area contributed by atoms with Crippen LogP contribution in [0.1, 0.15) is 38.2 Å². The Balaban J connectivity index is 1.43. The Kier molecular flexibility index (Phi) is 9.46. The number of unbranched alkanes of at least 4 members (excludes halogenated alkanes) is 3. The molecule has 5 heteroatoms. The number of anilines is 2. The Morgan fingerprint density at radius 1 is 0.781 bits per heavy atom. The van der Waals surface area contributed by atoms with Crippen LogP contribution in [0, 0.1) is 0 Å². The number of ether oxygens (including phenoxy) is 2. The van der Waals surface area contributed by atoms with Crippen molar-refractivity contribution in [3.63, 3.8) is 0 Å². The predicted octanol–water partition coefficient (Wildman–Crippen LogP) is 6.28. The summed E-state index contributed by atoms with van der Waals surface area (Å²) < 4.78 is 11.6. The van der Waals surface area contributed by atoms with E-state index < -0.39 is 0 Å². The standard InChI is InChI=1S/C27H32N2O3/c1-2-3-4-8-17-31-25-15-9-13-23(18-25)28-20-27(30)29-24-14-10-16-26(19-24)32-21-22-11-6-5-7-12-22/h5-7,9-16,18-19,28H,2-4,8,17,20-21H2,1H3,(H,29,30). The van der Waals surface area contributed by atoms with Crippen LogP contribution in [0.25, 0.3) is 0 Å². The van der Waals surface area contributed by atoms with Gasteiger partial charge in [0.2, 0.25) is 5.91 Å². The molecule has 0 aromatic heterocycles. The molecule has 3 aromatic carbocycles. The number of hydrogen-bond acceptors (Lipinski definition) is 4. The molecular weight excluding hydrogens is 400 g/mol. The maximum atomic E-state index is 12.4. The van der Waals surface area contributed by atoms with Crippen molar-refractivity contribution in [1.29, 1.82) is 0 Å². The van der Waals surface area contributed by atoms with Gasteiger partial charge in [-0.05, 0) is 36.2 Å². The highest BCUT2D eigenvalue weighted by Crippen LogP contribution is 2.20. The van der Waals surface area contributed by atoms with E-state index in [1.807, 2.05) is 78.9 Å². The third-order valence-electron chi connectivity index (χ3n) is 4.92. The van der Waals surface area contributed by atoms with Gasteiger partial charge in [-0.3, -0.25) is 4.79 Å². The van der Waals surface area contributed by atoms with Crippen molar-refractivity contribution in [3.8, 4) is 11.5 Å². The first-order chi connectivity index (χ1) is 15.7. The fourth-order valence-corrected chi connectivity index (χ4v) is 3.21. The second-order valence-corrected chi connectivity index (χ2v) is 7.64. The van der Waals surface area contributed by atoms with Crippen LogP contribution in [0.4, 0.5) is 11.4 Å². The van der Waals surface area contributed by atoms with Crippen molar-refractivity contribution in [3.05, 3.63) is 84.4 Å². The molecule has 0 aliphatic rings. The zero-order valence-electron chi connectivity index (χ0n) is 18.7. The molecule has 32 heavy (non-hydrogen) atoms. The number of carbonyl (C=O) groups is 1. The topological polar surface area (TPSA) is 59.6 Å². The molecule has 0 unspecified atom stereocenters. The lowest BCUT2D eigenvalue weighted by atomic mass is 10.2. The molecule has 2 N–H and O–H groups in total. The average Bonchev–Trinajstić information content (AvgIpc) is 2.82. The quantitative estimate of drug-likeness (QED) is 0.312. The van der Waals surface area contributed by atoms with E-state index in [-0.39, 0.29) is 12.5 Å². The molecule has 0 saturated heterocycles. The minimum Gasteiger partial charge on any atom is -0.494 e. The summed E-state index contributed by atoms with van der Waals surface area (Å²) >= 11 is 0. The first-order valence-electron chi connectivity index (χ1n) is 11.3. The van der Waals surface area contributed by atoms with Gasteiger partial charge in [-0.2, -0.15) is 0 Å². The summed E-state index contributed by atoms with van der Waals surface area (Å²) in [5, 5.41) is 6.06. The number of carbonyl (C=O) groups excluding carboxylic acids is 1. The maximum Gasteiger partial charge on any atom is 0.243 e. The average molecular weight is 433 g/mol. The summed E-state index contributed by atoms with van der Waals surface area (Å²) in [6.45, 7) is 3.56. The zero-order valence-corrected chi connectivity index (χ0v) is 18.7. The number of hydrogen-bond donors (Lipinski definition) is 2. The normalized spacial score (nSPS) is 10.4. The van der Waals surface area contributed by atoms with E-state index in [0.717, 1.165) is 23.4 Å². The number of benzene rings is 3. The Morgan fingerprint density at radius 3 is 2.28 bits per heavy atom. The number of rotatable bonds is 13. The van der Waals surface area contributed by atoms with Gasteiger partial charge in [-0.15, -0.1) is 0 Å². The summed E-state index contributed by atoms with van der Waals surface area (Å²) in [5.41, 5.74) is 2.65. The van der Waals surface area contributed by atoms with E-state index in [2.05, 4.69) is 17.6 Å². The Bertz CT molecular complexity index is 960. The fraction of sp³-hybridized carbons (Fsp3) is 0.296. The van der Waals surface area contributed by atoms with Crippen molar-refractivity contribution in [2.75, 3.05) is 23.8 Å². The fourth-order valence-electron chi connectivity index (χ4n) is 3.21. The third-order valence-corrected chi connectivity index (χ3v) is 4.92. The van der Waals surface area contributed by atoms with Gasteiger partial charge < -0.3 is 20.1 Å². The van der Waals surface area contributed by atoms with Gasteiger partial charge in [0, 0.05) is 23.5 Å². The van der Waals surface area contributed by atoms with E-state index in [1.54, 1.807) is 0 Å². The van der Waals surface area contributed by atoms with Crippen LogP contribution in [-0.2, 0) is 11.4 Å². The lowest BCUT2D eigenvalue weighted by molar-refractivity contribution is -0.114. The molecule has 3 rings (SSSR count). The number of amides is 1. The van der Waals surface area contributed by atoms with Gasteiger partial charge in [0.15, 0.2) is 0 Å². The van der Waals surface area contributed by atoms with Crippen molar-refractivity contribution in [2.24, 2.45) is 0 Å². The smallest absolute Gasteiger partial charge is 0.243 e. The molecule has 0 aliphatic carbocycles. The molecule has 5 nitrogen and oxygen atoms in total. The van der Waals surface area contributed by atoms with Crippen molar-refractivity contribution in [2.45, 2.75) is 39.2 Å². The highest BCUT2D eigenvalue weighted by atomic mass is 16.5. The Hall–Kier alpha value is -3.47. The predicted molar refractivity (Wildman–Crippen MR) is 130 cm³/mol. The van der Waals surface area contributed by atoms with Gasteiger partial charge in [0.05, 0.1) is 13.2 Å². The third kappa shape index (κ3) is 8.34. The van der Waals surface area contributed by atoms with Crippen LogP contribution in [0.3, 0.4) is 0 Å². The molecule has 0 aliphatic heterocycles. The van der Waals surface area contributed by atoms with Crippen LogP contribution in [0.5, 0.6) is 11.5 Å². The minimum atomic E-state index is -0.129. The van der Waals surface area contributed by atoms with E-state index in [4.69, 9.17) is 9.47 Å². The molecule has 168 valence electrons. The Morgan fingerprint density at radius 2 is 1.50 bits per heavy atom. The molecule has 3 aromatic rings. The summed E-state index contributed by atoms with van der Waals surface area (Å²) in [6, 6.07) is 25.1. The van der Waals surface area contributed by atoms with Crippen molar-refractivity contribution >= 4 is 17.3 Å². The lowest BCUT2D eigenvalue weighted by Gasteiger charge is -2.11. The number of nitrogens with one attached hydrogen (secondary N) is 2. The lowest BCUT2D eigenvalue weighted by Crippen LogP contribution is -2.21. The van der Waals surface area contributed by atoms with Crippen molar-refractivity contribution < 1.29 is 14.3 Å². The molecule has 0 spiro atoms. The molecule has 0 heterocycles. The largest absolute Gasteiger partial charge is 0.494 e. The molecule has 0 bridgehead atoms. The van der Waals surface area contributed by atoms with Crippen LogP contribution in [0.15, 0.2) is 78.9 Å². The van der Waals surface area contributed by atoms with Gasteiger partial charge >= 0.3 is 0 Å². The van der Waals surface area contributed by atoms with Gasteiger partial charge in [0.1, 0.15) is 18.1 Å². The summed E-state index contributed by atoms with van der Waals surface area (Å²) in [7, 11) is 0. The van der Waals surface area contributed by atoms with E-state index in [0.29, 0.717) is 24.7 Å². The van der Waals surface area contributed by atoms with Crippen molar-refractivity contribution in [1.82, 2.24) is 0 Å². The molecule has 0 saturated carbocycles. The molecule has 0 atom stereocenters. The summed E-state index contributed by atoms with van der Waals surface area (Å²) in [5.74, 6) is 1.40. The molecule has 0 fully saturated rings. The molecule has 0 radical (unpaired) electrons. The first kappa shape index (κ1) is 23.2. The van der Waals surface area contributed by atoms with Gasteiger partial charge in [-0.25, -0.2) is 0 Å². The minimum absolute atomic E-state index is 0.129. The van der Waals surface area contributed by atoms with E-state index in [1.165, 1.54) is 19.3 Å².